The smallest absolute Gasteiger partial charge is 0.0991 e. The molecule has 0 aromatic carbocycles. The van der Waals surface area contributed by atoms with Crippen LogP contribution in [0.3, 0.4) is 0 Å². The molecule has 0 aliphatic heterocycles. The number of aryl methyl sites for hydroxylation is 1. The molecule has 0 fully saturated rings. The summed E-state index contributed by atoms with van der Waals surface area (Å²) < 4.78 is 4.95. The van der Waals surface area contributed by atoms with Crippen LogP contribution in [0.4, 0.5) is 5.69 Å². The second-order valence-electron chi connectivity index (χ2n) is 2.73. The molecule has 0 bridgehead atoms. The van der Waals surface area contributed by atoms with Crippen molar-refractivity contribution in [2.75, 3.05) is 25.2 Å². The summed E-state index contributed by atoms with van der Waals surface area (Å²) in [6.45, 7) is 2.76. The van der Waals surface area contributed by atoms with Gasteiger partial charge < -0.3 is 10.5 Å². The molecule has 4 heteroatoms. The normalized spacial score (nSPS) is 10.3. The van der Waals surface area contributed by atoms with Crippen molar-refractivity contribution in [3.05, 3.63) is 17.8 Å². The first-order valence-electron chi connectivity index (χ1n) is 4.08. The molecule has 0 unspecified atom stereocenters. The lowest BCUT2D eigenvalue weighted by molar-refractivity contribution is 0.218. The number of anilines is 1. The molecule has 1 heterocycles. The maximum absolute atomic E-state index is 5.59. The van der Waals surface area contributed by atoms with Gasteiger partial charge in [-0.3, -0.25) is 0 Å². The summed E-state index contributed by atoms with van der Waals surface area (Å²) in [7, 11) is 1.70. The van der Waals surface area contributed by atoms with Gasteiger partial charge in [-0.15, -0.1) is 11.8 Å². The molecular formula is C9H14N2OS. The minimum absolute atomic E-state index is 0.716. The third-order valence-corrected chi connectivity index (χ3v) is 2.65. The number of methoxy groups -OCH3 is 1. The van der Waals surface area contributed by atoms with Crippen LogP contribution in [0.5, 0.6) is 0 Å². The van der Waals surface area contributed by atoms with Gasteiger partial charge in [0.05, 0.1) is 23.5 Å². The van der Waals surface area contributed by atoms with Gasteiger partial charge in [0, 0.05) is 12.9 Å². The number of nitrogens with zero attached hydrogens (tertiary/aromatic N) is 1. The van der Waals surface area contributed by atoms with Gasteiger partial charge in [0.25, 0.3) is 0 Å². The summed E-state index contributed by atoms with van der Waals surface area (Å²) in [5, 5.41) is 1.03. The average molecular weight is 198 g/mol. The molecule has 0 aliphatic rings. The Balaban J connectivity index is 2.56. The monoisotopic (exact) mass is 198 g/mol. The van der Waals surface area contributed by atoms with Gasteiger partial charge in [0.1, 0.15) is 0 Å². The average Bonchev–Trinajstić information content (AvgIpc) is 2.09. The number of aromatic nitrogens is 1. The Morgan fingerprint density at radius 1 is 1.62 bits per heavy atom. The van der Waals surface area contributed by atoms with E-state index in [0.717, 1.165) is 22.9 Å². The Morgan fingerprint density at radius 3 is 3.00 bits per heavy atom. The van der Waals surface area contributed by atoms with Crippen LogP contribution in [0.1, 0.15) is 5.56 Å². The van der Waals surface area contributed by atoms with E-state index in [1.807, 2.05) is 13.0 Å². The van der Waals surface area contributed by atoms with E-state index in [4.69, 9.17) is 10.5 Å². The van der Waals surface area contributed by atoms with Gasteiger partial charge in [-0.05, 0) is 18.6 Å². The van der Waals surface area contributed by atoms with Crippen LogP contribution in [0.25, 0.3) is 0 Å². The van der Waals surface area contributed by atoms with Gasteiger partial charge in [0.15, 0.2) is 0 Å². The van der Waals surface area contributed by atoms with Gasteiger partial charge in [-0.2, -0.15) is 0 Å². The zero-order valence-corrected chi connectivity index (χ0v) is 8.73. The highest BCUT2D eigenvalue weighted by molar-refractivity contribution is 7.99. The predicted octanol–water partition coefficient (Wildman–Crippen LogP) is 1.71. The summed E-state index contributed by atoms with van der Waals surface area (Å²) in [5.74, 6) is 0.925. The summed E-state index contributed by atoms with van der Waals surface area (Å²) in [6.07, 6.45) is 1.68. The lowest BCUT2D eigenvalue weighted by atomic mass is 10.3. The van der Waals surface area contributed by atoms with Gasteiger partial charge >= 0.3 is 0 Å². The van der Waals surface area contributed by atoms with E-state index in [1.54, 1.807) is 25.1 Å². The number of nitrogens with two attached hydrogens (primary N) is 1. The largest absolute Gasteiger partial charge is 0.397 e. The zero-order valence-electron chi connectivity index (χ0n) is 7.91. The highest BCUT2D eigenvalue weighted by atomic mass is 32.2. The number of rotatable bonds is 4. The lowest BCUT2D eigenvalue weighted by Gasteiger charge is -2.04. The Labute approximate surface area is 82.7 Å². The summed E-state index contributed by atoms with van der Waals surface area (Å²) in [6, 6.07) is 1.93. The maximum atomic E-state index is 5.59. The molecule has 0 radical (unpaired) electrons. The Morgan fingerprint density at radius 2 is 2.38 bits per heavy atom. The number of pyridine rings is 1. The van der Waals surface area contributed by atoms with Crippen molar-refractivity contribution >= 4 is 17.4 Å². The van der Waals surface area contributed by atoms with Crippen molar-refractivity contribution in [2.24, 2.45) is 0 Å². The second-order valence-corrected chi connectivity index (χ2v) is 3.82. The maximum Gasteiger partial charge on any atom is 0.0991 e. The van der Waals surface area contributed by atoms with Crippen molar-refractivity contribution in [3.63, 3.8) is 0 Å². The fraction of sp³-hybridized carbons (Fsp3) is 0.444. The zero-order chi connectivity index (χ0) is 9.68. The SMILES string of the molecule is COCCSc1ncc(N)cc1C. The van der Waals surface area contributed by atoms with Crippen LogP contribution in [0.15, 0.2) is 17.3 Å². The van der Waals surface area contributed by atoms with E-state index in [1.165, 1.54) is 0 Å². The van der Waals surface area contributed by atoms with E-state index in [9.17, 15) is 0 Å². The molecule has 1 aromatic rings. The molecule has 1 aromatic heterocycles. The van der Waals surface area contributed by atoms with Crippen LogP contribution < -0.4 is 5.73 Å². The molecule has 72 valence electrons. The molecule has 0 amide bonds. The molecule has 2 N–H and O–H groups in total. The fourth-order valence-corrected chi connectivity index (χ4v) is 1.81. The number of nitrogen functional groups attached to an aromatic ring is 1. The predicted molar refractivity (Wildman–Crippen MR) is 56.0 cm³/mol. The molecule has 1 rings (SSSR count). The number of hydrogen-bond acceptors (Lipinski definition) is 4. The van der Waals surface area contributed by atoms with Crippen LogP contribution in [0.2, 0.25) is 0 Å². The Kier molecular flexibility index (Phi) is 4.05. The first-order chi connectivity index (χ1) is 6.24. The number of hydrogen-bond donors (Lipinski definition) is 1. The standard InChI is InChI=1S/C9H14N2OS/c1-7-5-8(10)6-11-9(7)13-4-3-12-2/h5-6H,3-4,10H2,1-2H3. The van der Waals surface area contributed by atoms with Crippen LogP contribution in [-0.4, -0.2) is 24.5 Å². The molecule has 3 nitrogen and oxygen atoms in total. The quantitative estimate of drug-likeness (QED) is 0.591. The third kappa shape index (κ3) is 3.24. The van der Waals surface area contributed by atoms with Crippen molar-refractivity contribution in [1.29, 1.82) is 0 Å². The summed E-state index contributed by atoms with van der Waals surface area (Å²) in [5.41, 5.74) is 7.43. The lowest BCUT2D eigenvalue weighted by Crippen LogP contribution is -1.95. The number of thioether (sulfide) groups is 1. The summed E-state index contributed by atoms with van der Waals surface area (Å²) in [4.78, 5) is 4.23. The van der Waals surface area contributed by atoms with Crippen molar-refractivity contribution in [2.45, 2.75) is 11.9 Å². The number of ether oxygens (including phenoxy) is 1. The van der Waals surface area contributed by atoms with E-state index >= 15 is 0 Å². The molecule has 0 aliphatic carbocycles. The topological polar surface area (TPSA) is 48.1 Å². The summed E-state index contributed by atoms with van der Waals surface area (Å²) >= 11 is 1.69. The Bertz CT molecular complexity index is 278. The van der Waals surface area contributed by atoms with E-state index < -0.39 is 0 Å². The third-order valence-electron chi connectivity index (χ3n) is 1.58. The minimum Gasteiger partial charge on any atom is -0.397 e. The van der Waals surface area contributed by atoms with Crippen molar-refractivity contribution in [1.82, 2.24) is 4.98 Å². The van der Waals surface area contributed by atoms with Gasteiger partial charge in [-0.25, -0.2) is 4.98 Å². The Hall–Kier alpha value is -0.740. The molecule has 13 heavy (non-hydrogen) atoms. The van der Waals surface area contributed by atoms with E-state index in [-0.39, 0.29) is 0 Å². The van der Waals surface area contributed by atoms with Crippen LogP contribution in [0, 0.1) is 6.92 Å². The minimum atomic E-state index is 0.716. The highest BCUT2D eigenvalue weighted by Crippen LogP contribution is 2.20. The van der Waals surface area contributed by atoms with Crippen molar-refractivity contribution in [3.8, 4) is 0 Å². The first-order valence-corrected chi connectivity index (χ1v) is 5.06. The highest BCUT2D eigenvalue weighted by Gasteiger charge is 2.00. The fourth-order valence-electron chi connectivity index (χ4n) is 0.957. The molecule has 0 spiro atoms. The molecule has 0 saturated heterocycles. The molecular weight excluding hydrogens is 184 g/mol. The second kappa shape index (κ2) is 5.09. The molecule has 0 atom stereocenters. The van der Waals surface area contributed by atoms with Crippen LogP contribution >= 0.6 is 11.8 Å². The van der Waals surface area contributed by atoms with E-state index in [2.05, 4.69) is 4.98 Å². The van der Waals surface area contributed by atoms with E-state index in [0.29, 0.717) is 5.69 Å². The van der Waals surface area contributed by atoms with Crippen molar-refractivity contribution < 1.29 is 4.74 Å². The van der Waals surface area contributed by atoms with Gasteiger partial charge in [-0.1, -0.05) is 0 Å². The first kappa shape index (κ1) is 10.3. The van der Waals surface area contributed by atoms with Gasteiger partial charge in [0.2, 0.25) is 0 Å². The molecule has 0 saturated carbocycles. The van der Waals surface area contributed by atoms with Crippen LogP contribution in [-0.2, 0) is 4.74 Å².